The number of hydrogen-bond acceptors (Lipinski definition) is 2. The van der Waals surface area contributed by atoms with Gasteiger partial charge in [0.15, 0.2) is 0 Å². The molecule has 14 heavy (non-hydrogen) atoms. The van der Waals surface area contributed by atoms with E-state index in [9.17, 15) is 0 Å². The van der Waals surface area contributed by atoms with Gasteiger partial charge in [-0.2, -0.15) is 0 Å². The van der Waals surface area contributed by atoms with Crippen LogP contribution < -0.4 is 5.73 Å². The van der Waals surface area contributed by atoms with Gasteiger partial charge in [0.2, 0.25) is 0 Å². The van der Waals surface area contributed by atoms with Crippen LogP contribution in [0.25, 0.3) is 0 Å². The van der Waals surface area contributed by atoms with Gasteiger partial charge >= 0.3 is 6.16 Å². The summed E-state index contributed by atoms with van der Waals surface area (Å²) in [6.45, 7) is 4.00. The molecular formula is C10H15NO3. The Morgan fingerprint density at radius 1 is 1.21 bits per heavy atom. The molecule has 4 heteroatoms. The van der Waals surface area contributed by atoms with E-state index in [0.29, 0.717) is 0 Å². The van der Waals surface area contributed by atoms with E-state index < -0.39 is 6.16 Å². The van der Waals surface area contributed by atoms with Gasteiger partial charge < -0.3 is 15.9 Å². The van der Waals surface area contributed by atoms with E-state index in [4.69, 9.17) is 20.7 Å². The Labute approximate surface area is 83.0 Å². The molecule has 4 N–H and O–H groups in total. The zero-order chi connectivity index (χ0) is 11.2. The second-order valence-corrected chi connectivity index (χ2v) is 3.37. The van der Waals surface area contributed by atoms with Gasteiger partial charge in [0.25, 0.3) is 0 Å². The van der Waals surface area contributed by atoms with E-state index in [2.05, 4.69) is 0 Å². The van der Waals surface area contributed by atoms with Crippen LogP contribution in [0.2, 0.25) is 0 Å². The molecule has 0 aliphatic rings. The van der Waals surface area contributed by atoms with Gasteiger partial charge in [-0.3, -0.25) is 0 Å². The number of nitrogens with two attached hydrogens (primary N) is 1. The Hall–Kier alpha value is -1.55. The van der Waals surface area contributed by atoms with E-state index in [1.54, 1.807) is 0 Å². The first-order valence-corrected chi connectivity index (χ1v) is 4.10. The summed E-state index contributed by atoms with van der Waals surface area (Å²) >= 11 is 0. The van der Waals surface area contributed by atoms with Crippen LogP contribution >= 0.6 is 0 Å². The van der Waals surface area contributed by atoms with Crippen LogP contribution in [0.15, 0.2) is 30.3 Å². The molecule has 0 atom stereocenters. The summed E-state index contributed by atoms with van der Waals surface area (Å²) in [5.41, 5.74) is 6.83. The molecule has 0 saturated heterocycles. The first kappa shape index (κ1) is 12.4. The average molecular weight is 197 g/mol. The normalized spacial score (nSPS) is 9.93. The molecule has 0 radical (unpaired) electrons. The maximum Gasteiger partial charge on any atom is 0.503 e. The van der Waals surface area contributed by atoms with Gasteiger partial charge in [-0.15, -0.1) is 0 Å². The molecule has 4 nitrogen and oxygen atoms in total. The summed E-state index contributed by atoms with van der Waals surface area (Å²) < 4.78 is 0. The van der Waals surface area contributed by atoms with Crippen LogP contribution in [0.3, 0.4) is 0 Å². The standard InChI is InChI=1S/C9H13N.CH2O3/c1-9(2,10)8-6-4-3-5-7-8;2-1(3)4/h3-7H,10H2,1-2H3;(H2,2,3,4). The first-order chi connectivity index (χ1) is 6.34. The highest BCUT2D eigenvalue weighted by molar-refractivity contribution is 5.53. The molecular weight excluding hydrogens is 182 g/mol. The number of carboxylic acid groups (broad SMARTS) is 2. The van der Waals surface area contributed by atoms with E-state index in [-0.39, 0.29) is 5.54 Å². The Morgan fingerprint density at radius 2 is 1.57 bits per heavy atom. The summed E-state index contributed by atoms with van der Waals surface area (Å²) in [6.07, 6.45) is -1.83. The van der Waals surface area contributed by atoms with Crippen LogP contribution in [0.1, 0.15) is 19.4 Å². The minimum absolute atomic E-state index is 0.207. The number of benzene rings is 1. The minimum Gasteiger partial charge on any atom is -0.450 e. The van der Waals surface area contributed by atoms with Crippen molar-refractivity contribution in [3.05, 3.63) is 35.9 Å². The van der Waals surface area contributed by atoms with Gasteiger partial charge in [-0.1, -0.05) is 30.3 Å². The highest BCUT2D eigenvalue weighted by Gasteiger charge is 2.11. The predicted octanol–water partition coefficient (Wildman–Crippen LogP) is 2.10. The topological polar surface area (TPSA) is 83.6 Å². The van der Waals surface area contributed by atoms with Gasteiger partial charge in [-0.05, 0) is 19.4 Å². The summed E-state index contributed by atoms with van der Waals surface area (Å²) in [6, 6.07) is 10.1. The van der Waals surface area contributed by atoms with E-state index in [0.717, 1.165) is 0 Å². The maximum absolute atomic E-state index is 8.56. The quantitative estimate of drug-likeness (QED) is 0.643. The lowest BCUT2D eigenvalue weighted by atomic mass is 9.96. The van der Waals surface area contributed by atoms with Crippen molar-refractivity contribution in [3.8, 4) is 0 Å². The van der Waals surface area contributed by atoms with Crippen molar-refractivity contribution < 1.29 is 15.0 Å². The molecule has 1 rings (SSSR count). The van der Waals surface area contributed by atoms with Crippen molar-refractivity contribution in [2.24, 2.45) is 5.73 Å². The first-order valence-electron chi connectivity index (χ1n) is 4.10. The van der Waals surface area contributed by atoms with Crippen LogP contribution in [-0.2, 0) is 5.54 Å². The van der Waals surface area contributed by atoms with Crippen molar-refractivity contribution in [3.63, 3.8) is 0 Å². The summed E-state index contributed by atoms with van der Waals surface area (Å²) in [4.78, 5) is 8.56. The fraction of sp³-hybridized carbons (Fsp3) is 0.300. The molecule has 0 unspecified atom stereocenters. The van der Waals surface area contributed by atoms with Crippen molar-refractivity contribution in [2.75, 3.05) is 0 Å². The van der Waals surface area contributed by atoms with Gasteiger partial charge in [0.05, 0.1) is 0 Å². The Balaban J connectivity index is 0.000000364. The smallest absolute Gasteiger partial charge is 0.450 e. The van der Waals surface area contributed by atoms with Crippen LogP contribution in [0.4, 0.5) is 4.79 Å². The molecule has 0 bridgehead atoms. The van der Waals surface area contributed by atoms with E-state index >= 15 is 0 Å². The predicted molar refractivity (Wildman–Crippen MR) is 54.3 cm³/mol. The second-order valence-electron chi connectivity index (χ2n) is 3.37. The van der Waals surface area contributed by atoms with Crippen molar-refractivity contribution in [1.29, 1.82) is 0 Å². The third-order valence-electron chi connectivity index (χ3n) is 1.52. The van der Waals surface area contributed by atoms with Gasteiger partial charge in [-0.25, -0.2) is 4.79 Å². The van der Waals surface area contributed by atoms with E-state index in [1.165, 1.54) is 5.56 Å². The SMILES string of the molecule is CC(C)(N)c1ccccc1.O=C(O)O. The molecule has 0 aromatic heterocycles. The number of rotatable bonds is 1. The monoisotopic (exact) mass is 197 g/mol. The van der Waals surface area contributed by atoms with Gasteiger partial charge in [0, 0.05) is 5.54 Å². The third-order valence-corrected chi connectivity index (χ3v) is 1.52. The molecule has 0 aliphatic heterocycles. The molecule has 1 aromatic rings. The summed E-state index contributed by atoms with van der Waals surface area (Å²) in [7, 11) is 0. The Kier molecular flexibility index (Phi) is 4.66. The largest absolute Gasteiger partial charge is 0.503 e. The molecule has 0 saturated carbocycles. The lowest BCUT2D eigenvalue weighted by Crippen LogP contribution is -2.28. The Bertz CT molecular complexity index is 273. The third kappa shape index (κ3) is 6.02. The molecule has 0 fully saturated rings. The molecule has 0 heterocycles. The van der Waals surface area contributed by atoms with Gasteiger partial charge in [0.1, 0.15) is 0 Å². The summed E-state index contributed by atoms with van der Waals surface area (Å²) in [5, 5.41) is 13.9. The molecule has 78 valence electrons. The number of hydrogen-bond donors (Lipinski definition) is 3. The van der Waals surface area contributed by atoms with Crippen LogP contribution in [0, 0.1) is 0 Å². The van der Waals surface area contributed by atoms with Crippen molar-refractivity contribution in [1.82, 2.24) is 0 Å². The minimum atomic E-state index is -1.83. The van der Waals surface area contributed by atoms with Crippen molar-refractivity contribution in [2.45, 2.75) is 19.4 Å². The Morgan fingerprint density at radius 3 is 1.79 bits per heavy atom. The molecule has 0 spiro atoms. The summed E-state index contributed by atoms with van der Waals surface area (Å²) in [5.74, 6) is 0. The average Bonchev–Trinajstić information content (AvgIpc) is 2.03. The van der Waals surface area contributed by atoms with Crippen LogP contribution in [0.5, 0.6) is 0 Å². The van der Waals surface area contributed by atoms with Crippen LogP contribution in [-0.4, -0.2) is 16.4 Å². The molecule has 0 amide bonds. The lowest BCUT2D eigenvalue weighted by Gasteiger charge is -2.18. The molecule has 0 aliphatic carbocycles. The molecule has 1 aromatic carbocycles. The van der Waals surface area contributed by atoms with E-state index in [1.807, 2.05) is 44.2 Å². The fourth-order valence-electron chi connectivity index (χ4n) is 0.868. The highest BCUT2D eigenvalue weighted by atomic mass is 16.6. The zero-order valence-electron chi connectivity index (χ0n) is 8.27. The lowest BCUT2D eigenvalue weighted by molar-refractivity contribution is 0.137. The fourth-order valence-corrected chi connectivity index (χ4v) is 0.868. The zero-order valence-corrected chi connectivity index (χ0v) is 8.27. The second kappa shape index (κ2) is 5.24. The number of carbonyl (C=O) groups is 1. The highest BCUT2D eigenvalue weighted by Crippen LogP contribution is 2.14. The maximum atomic E-state index is 8.56. The van der Waals surface area contributed by atoms with Crippen molar-refractivity contribution >= 4 is 6.16 Å².